The lowest BCUT2D eigenvalue weighted by Crippen LogP contribution is -2.42. The molecular weight excluding hydrogens is 531 g/mol. The molecule has 1 heterocycles. The van der Waals surface area contributed by atoms with Gasteiger partial charge in [-0.2, -0.15) is 18.3 Å². The third kappa shape index (κ3) is 6.97. The number of benzene rings is 2. The zero-order valence-electron chi connectivity index (χ0n) is 20.5. The summed E-state index contributed by atoms with van der Waals surface area (Å²) in [6.07, 6.45) is -4.49. The molecule has 1 aliphatic heterocycles. The van der Waals surface area contributed by atoms with E-state index in [9.17, 15) is 22.8 Å². The quantitative estimate of drug-likeness (QED) is 0.225. The lowest BCUT2D eigenvalue weighted by molar-refractivity contribution is -0.150. The van der Waals surface area contributed by atoms with E-state index < -0.39 is 29.0 Å². The van der Waals surface area contributed by atoms with Crippen molar-refractivity contribution in [3.63, 3.8) is 0 Å². The second kappa shape index (κ2) is 12.2. The largest absolute Gasteiger partial charge is 0.465 e. The van der Waals surface area contributed by atoms with Crippen LogP contribution in [-0.2, 0) is 25.2 Å². The first-order valence-electron chi connectivity index (χ1n) is 11.4. The van der Waals surface area contributed by atoms with Crippen molar-refractivity contribution in [2.75, 3.05) is 43.5 Å². The van der Waals surface area contributed by atoms with Crippen molar-refractivity contribution in [1.82, 2.24) is 5.01 Å². The average molecular weight is 558 g/mol. The summed E-state index contributed by atoms with van der Waals surface area (Å²) in [6, 6.07) is 11.2. The van der Waals surface area contributed by atoms with Crippen LogP contribution in [0.15, 0.2) is 53.6 Å². The summed E-state index contributed by atoms with van der Waals surface area (Å²) in [6.45, 7) is 3.78. The molecular formula is C25H27ClF3N3O4S. The fourth-order valence-corrected chi connectivity index (χ4v) is 4.78. The minimum Gasteiger partial charge on any atom is -0.465 e. The van der Waals surface area contributed by atoms with Crippen molar-refractivity contribution >= 4 is 46.8 Å². The van der Waals surface area contributed by atoms with Crippen LogP contribution in [0.2, 0.25) is 5.02 Å². The Morgan fingerprint density at radius 3 is 2.38 bits per heavy atom. The SMILES string of the molecule is CCOC(=O)C1(C)CN(CC(=O)N(SCCOC)c2ccc(C(F)(F)F)cc2)N=C1c1ccc(Cl)cc1. The molecule has 3 rings (SSSR count). The number of amides is 1. The Balaban J connectivity index is 1.88. The molecule has 12 heteroatoms. The number of halogens is 4. The van der Waals surface area contributed by atoms with Gasteiger partial charge in [-0.25, -0.2) is 0 Å². The second-order valence-electron chi connectivity index (χ2n) is 8.39. The maximum absolute atomic E-state index is 13.4. The first-order valence-corrected chi connectivity index (χ1v) is 12.7. The van der Waals surface area contributed by atoms with Crippen molar-refractivity contribution in [2.45, 2.75) is 20.0 Å². The summed E-state index contributed by atoms with van der Waals surface area (Å²) < 4.78 is 50.7. The Morgan fingerprint density at radius 1 is 1.16 bits per heavy atom. The smallest absolute Gasteiger partial charge is 0.416 e. The summed E-state index contributed by atoms with van der Waals surface area (Å²) in [5.74, 6) is -0.510. The Morgan fingerprint density at radius 2 is 1.81 bits per heavy atom. The number of hydrogen-bond donors (Lipinski definition) is 0. The number of carbonyl (C=O) groups is 2. The van der Waals surface area contributed by atoms with Crippen molar-refractivity contribution in [1.29, 1.82) is 0 Å². The zero-order chi connectivity index (χ0) is 27.2. The number of hydrogen-bond acceptors (Lipinski definition) is 7. The molecule has 7 nitrogen and oxygen atoms in total. The second-order valence-corrected chi connectivity index (χ2v) is 9.86. The summed E-state index contributed by atoms with van der Waals surface area (Å²) in [5, 5.41) is 6.57. The first kappa shape index (κ1) is 28.8. The number of rotatable bonds is 10. The Labute approximate surface area is 222 Å². The third-order valence-electron chi connectivity index (χ3n) is 5.59. The molecule has 1 aliphatic rings. The van der Waals surface area contributed by atoms with E-state index >= 15 is 0 Å². The van der Waals surface area contributed by atoms with Gasteiger partial charge in [-0.05, 0) is 67.8 Å². The van der Waals surface area contributed by atoms with Crippen LogP contribution >= 0.6 is 23.5 Å². The van der Waals surface area contributed by atoms with Gasteiger partial charge in [0.15, 0.2) is 0 Å². The van der Waals surface area contributed by atoms with Crippen LogP contribution in [-0.4, -0.2) is 61.8 Å². The number of carbonyl (C=O) groups excluding carboxylic acids is 2. The summed E-state index contributed by atoms with van der Waals surface area (Å²) in [5.41, 5.74) is -0.583. The summed E-state index contributed by atoms with van der Waals surface area (Å²) in [4.78, 5) is 26.3. The number of anilines is 1. The van der Waals surface area contributed by atoms with E-state index in [0.29, 0.717) is 28.7 Å². The van der Waals surface area contributed by atoms with Gasteiger partial charge < -0.3 is 9.47 Å². The predicted molar refractivity (Wildman–Crippen MR) is 138 cm³/mol. The minimum atomic E-state index is -4.49. The molecule has 200 valence electrons. The highest BCUT2D eigenvalue weighted by atomic mass is 35.5. The first-order chi connectivity index (χ1) is 17.5. The third-order valence-corrected chi connectivity index (χ3v) is 6.86. The molecule has 2 aromatic carbocycles. The van der Waals surface area contributed by atoms with Crippen LogP contribution in [0.3, 0.4) is 0 Å². The molecule has 0 bridgehead atoms. The molecule has 0 N–H and O–H groups in total. The van der Waals surface area contributed by atoms with Crippen LogP contribution in [0.5, 0.6) is 0 Å². The maximum atomic E-state index is 13.4. The summed E-state index contributed by atoms with van der Waals surface area (Å²) in [7, 11) is 1.51. The van der Waals surface area contributed by atoms with E-state index in [-0.39, 0.29) is 25.4 Å². The Hall–Kier alpha value is -2.76. The molecule has 0 saturated heterocycles. The number of methoxy groups -OCH3 is 1. The lowest BCUT2D eigenvalue weighted by Gasteiger charge is -2.26. The monoisotopic (exact) mass is 557 g/mol. The highest BCUT2D eigenvalue weighted by Crippen LogP contribution is 2.35. The number of esters is 1. The number of hydrazone groups is 1. The van der Waals surface area contributed by atoms with Crippen LogP contribution in [0.1, 0.15) is 25.0 Å². The van der Waals surface area contributed by atoms with Gasteiger partial charge in [-0.15, -0.1) is 0 Å². The lowest BCUT2D eigenvalue weighted by atomic mass is 9.82. The van der Waals surface area contributed by atoms with Crippen LogP contribution in [0.25, 0.3) is 0 Å². The molecule has 0 saturated carbocycles. The van der Waals surface area contributed by atoms with Gasteiger partial charge in [0.25, 0.3) is 5.91 Å². The van der Waals surface area contributed by atoms with Gasteiger partial charge in [0.1, 0.15) is 12.0 Å². The molecule has 0 spiro atoms. The Kier molecular flexibility index (Phi) is 9.49. The molecule has 0 fully saturated rings. The van der Waals surface area contributed by atoms with Crippen molar-refractivity contribution in [3.8, 4) is 0 Å². The van der Waals surface area contributed by atoms with Gasteiger partial charge in [-0.1, -0.05) is 23.7 Å². The highest BCUT2D eigenvalue weighted by molar-refractivity contribution is 8.01. The predicted octanol–water partition coefficient (Wildman–Crippen LogP) is 5.28. The van der Waals surface area contributed by atoms with Gasteiger partial charge in [0.05, 0.1) is 36.7 Å². The number of nitrogens with zero attached hydrogens (tertiary/aromatic N) is 3. The highest BCUT2D eigenvalue weighted by Gasteiger charge is 2.47. The molecule has 37 heavy (non-hydrogen) atoms. The Bertz CT molecular complexity index is 1130. The van der Waals surface area contributed by atoms with Gasteiger partial charge in [-0.3, -0.25) is 18.9 Å². The molecule has 1 atom stereocenters. The molecule has 1 amide bonds. The van der Waals surface area contributed by atoms with Gasteiger partial charge in [0.2, 0.25) is 0 Å². The number of ether oxygens (including phenoxy) is 2. The van der Waals surface area contributed by atoms with E-state index in [2.05, 4.69) is 5.10 Å². The average Bonchev–Trinajstić information content (AvgIpc) is 3.19. The molecule has 0 aliphatic carbocycles. The van der Waals surface area contributed by atoms with Crippen molar-refractivity contribution in [3.05, 3.63) is 64.7 Å². The topological polar surface area (TPSA) is 71.4 Å². The van der Waals surface area contributed by atoms with Crippen LogP contribution in [0.4, 0.5) is 18.9 Å². The van der Waals surface area contributed by atoms with Gasteiger partial charge >= 0.3 is 12.1 Å². The summed E-state index contributed by atoms with van der Waals surface area (Å²) >= 11 is 7.13. The fourth-order valence-electron chi connectivity index (χ4n) is 3.76. The van der Waals surface area contributed by atoms with Crippen molar-refractivity contribution < 1.29 is 32.2 Å². The van der Waals surface area contributed by atoms with Gasteiger partial charge in [0, 0.05) is 17.9 Å². The molecule has 1 unspecified atom stereocenters. The van der Waals surface area contributed by atoms with Crippen molar-refractivity contribution in [2.24, 2.45) is 10.5 Å². The van der Waals surface area contributed by atoms with E-state index in [1.807, 2.05) is 0 Å². The molecule has 0 radical (unpaired) electrons. The number of alkyl halides is 3. The normalized spacial score (nSPS) is 17.5. The van der Waals surface area contributed by atoms with E-state index in [1.54, 1.807) is 38.1 Å². The maximum Gasteiger partial charge on any atom is 0.416 e. The standard InChI is InChI=1S/C25H27ClF3N3O4S/c1-4-36-23(34)24(2)16-31(30-22(24)17-5-9-19(26)10-6-17)15-21(33)32(37-14-13-35-3)20-11-7-18(8-12-20)25(27,28)29/h5-12H,4,13-16H2,1-3H3. The fraction of sp³-hybridized carbons (Fsp3) is 0.400. The van der Waals surface area contributed by atoms with Crippen LogP contribution < -0.4 is 4.31 Å². The molecule has 2 aromatic rings. The minimum absolute atomic E-state index is 0.0825. The van der Waals surface area contributed by atoms with E-state index in [4.69, 9.17) is 21.1 Å². The molecule has 0 aromatic heterocycles. The zero-order valence-corrected chi connectivity index (χ0v) is 22.1. The van der Waals surface area contributed by atoms with E-state index in [1.165, 1.54) is 28.6 Å². The van der Waals surface area contributed by atoms with E-state index in [0.717, 1.165) is 24.1 Å². The van der Waals surface area contributed by atoms with Crippen LogP contribution in [0, 0.1) is 5.41 Å².